The van der Waals surface area contributed by atoms with E-state index in [4.69, 9.17) is 16.0 Å². The number of nitrogens with one attached hydrogen (secondary N) is 1. The van der Waals surface area contributed by atoms with Crippen LogP contribution in [0.25, 0.3) is 33.3 Å². The molecule has 0 radical (unpaired) electrons. The van der Waals surface area contributed by atoms with E-state index >= 15 is 0 Å². The van der Waals surface area contributed by atoms with Crippen molar-refractivity contribution in [1.29, 1.82) is 0 Å². The Morgan fingerprint density at radius 3 is 2.59 bits per heavy atom. The van der Waals surface area contributed by atoms with Gasteiger partial charge in [-0.15, -0.1) is 0 Å². The number of anilines is 1. The number of benzene rings is 4. The summed E-state index contributed by atoms with van der Waals surface area (Å²) in [5.74, 6) is 0.227. The molecule has 29 heavy (non-hydrogen) atoms. The molecule has 4 aromatic carbocycles. The van der Waals surface area contributed by atoms with Crippen LogP contribution in [0.15, 0.2) is 89.3 Å². The molecule has 0 atom stereocenters. The fourth-order valence-corrected chi connectivity index (χ4v) is 3.57. The highest BCUT2D eigenvalue weighted by atomic mass is 35.5. The van der Waals surface area contributed by atoms with E-state index < -0.39 is 0 Å². The molecule has 1 heterocycles. The SMILES string of the molecule is O=C(Nc1ccc(Cl)c(-c2nc3ccccc3o2)c1)c1cccc2ccccc12. The molecule has 5 aromatic rings. The van der Waals surface area contributed by atoms with Gasteiger partial charge in [0, 0.05) is 11.3 Å². The zero-order valence-electron chi connectivity index (χ0n) is 15.2. The van der Waals surface area contributed by atoms with Crippen LogP contribution in [0.5, 0.6) is 0 Å². The van der Waals surface area contributed by atoms with Crippen molar-refractivity contribution in [1.82, 2.24) is 4.98 Å². The maximum absolute atomic E-state index is 12.9. The Balaban J connectivity index is 1.50. The first-order valence-corrected chi connectivity index (χ1v) is 9.51. The molecule has 140 valence electrons. The first-order valence-electron chi connectivity index (χ1n) is 9.14. The number of oxazole rings is 1. The van der Waals surface area contributed by atoms with Gasteiger partial charge in [0.25, 0.3) is 5.91 Å². The smallest absolute Gasteiger partial charge is 0.256 e. The Bertz CT molecular complexity index is 1340. The first kappa shape index (κ1) is 17.5. The fourth-order valence-electron chi connectivity index (χ4n) is 3.38. The number of halogens is 1. The minimum Gasteiger partial charge on any atom is -0.436 e. The standard InChI is InChI=1S/C24H15ClN2O2/c25-20-13-12-16(14-19(20)24-27-21-10-3-4-11-22(21)29-24)26-23(28)18-9-5-7-15-6-1-2-8-17(15)18/h1-14H,(H,26,28). The van der Waals surface area contributed by atoms with Crippen molar-refractivity contribution in [3.63, 3.8) is 0 Å². The molecule has 0 saturated carbocycles. The lowest BCUT2D eigenvalue weighted by atomic mass is 10.0. The van der Waals surface area contributed by atoms with Gasteiger partial charge in [-0.3, -0.25) is 4.79 Å². The molecule has 1 aromatic heterocycles. The minimum absolute atomic E-state index is 0.187. The van der Waals surface area contributed by atoms with Crippen molar-refractivity contribution in [2.45, 2.75) is 0 Å². The van der Waals surface area contributed by atoms with Gasteiger partial charge < -0.3 is 9.73 Å². The normalized spacial score (nSPS) is 11.1. The number of rotatable bonds is 3. The second kappa shape index (κ2) is 7.08. The van der Waals surface area contributed by atoms with Gasteiger partial charge in [0.1, 0.15) is 5.52 Å². The van der Waals surface area contributed by atoms with Crippen LogP contribution >= 0.6 is 11.6 Å². The first-order chi connectivity index (χ1) is 14.2. The molecule has 0 aliphatic carbocycles. The third kappa shape index (κ3) is 3.24. The number of nitrogens with zero attached hydrogens (tertiary/aromatic N) is 1. The summed E-state index contributed by atoms with van der Waals surface area (Å²) in [6.07, 6.45) is 0. The van der Waals surface area contributed by atoms with Crippen LogP contribution in [0.4, 0.5) is 5.69 Å². The lowest BCUT2D eigenvalue weighted by Gasteiger charge is -2.09. The molecule has 5 rings (SSSR count). The van der Waals surface area contributed by atoms with Crippen molar-refractivity contribution in [2.24, 2.45) is 0 Å². The van der Waals surface area contributed by atoms with Crippen LogP contribution in [-0.2, 0) is 0 Å². The van der Waals surface area contributed by atoms with Gasteiger partial charge in [-0.05, 0) is 47.2 Å². The molecule has 0 saturated heterocycles. The van der Waals surface area contributed by atoms with Crippen LogP contribution in [0, 0.1) is 0 Å². The fraction of sp³-hybridized carbons (Fsp3) is 0. The molecule has 0 bridgehead atoms. The Kier molecular flexibility index (Phi) is 4.26. The highest BCUT2D eigenvalue weighted by molar-refractivity contribution is 6.33. The molecule has 4 nitrogen and oxygen atoms in total. The highest BCUT2D eigenvalue weighted by Crippen LogP contribution is 2.32. The van der Waals surface area contributed by atoms with Gasteiger partial charge >= 0.3 is 0 Å². The van der Waals surface area contributed by atoms with E-state index in [1.165, 1.54) is 0 Å². The predicted octanol–water partition coefficient (Wildman–Crippen LogP) is 6.55. The van der Waals surface area contributed by atoms with E-state index in [1.54, 1.807) is 18.2 Å². The molecule has 0 aliphatic heterocycles. The van der Waals surface area contributed by atoms with Crippen LogP contribution in [-0.4, -0.2) is 10.9 Å². The number of amides is 1. The summed E-state index contributed by atoms with van der Waals surface area (Å²) in [6.45, 7) is 0. The van der Waals surface area contributed by atoms with Crippen LogP contribution in [0.3, 0.4) is 0 Å². The number of para-hydroxylation sites is 2. The van der Waals surface area contributed by atoms with Crippen molar-refractivity contribution >= 4 is 45.1 Å². The number of hydrogen-bond acceptors (Lipinski definition) is 3. The molecule has 5 heteroatoms. The second-order valence-electron chi connectivity index (χ2n) is 6.66. The Morgan fingerprint density at radius 2 is 1.69 bits per heavy atom. The number of aromatic nitrogens is 1. The van der Waals surface area contributed by atoms with Crippen molar-refractivity contribution < 1.29 is 9.21 Å². The average Bonchev–Trinajstić information content (AvgIpc) is 3.18. The van der Waals surface area contributed by atoms with E-state index in [-0.39, 0.29) is 5.91 Å². The lowest BCUT2D eigenvalue weighted by molar-refractivity contribution is 0.102. The molecule has 0 fully saturated rings. The van der Waals surface area contributed by atoms with E-state index in [2.05, 4.69) is 10.3 Å². The zero-order valence-corrected chi connectivity index (χ0v) is 16.0. The Hall–Kier alpha value is -3.63. The number of carbonyl (C=O) groups excluding carboxylic acids is 1. The van der Waals surface area contributed by atoms with Crippen molar-refractivity contribution in [3.05, 3.63) is 95.5 Å². The maximum atomic E-state index is 12.9. The van der Waals surface area contributed by atoms with Gasteiger partial charge in [0.05, 0.1) is 10.6 Å². The monoisotopic (exact) mass is 398 g/mol. The summed E-state index contributed by atoms with van der Waals surface area (Å²) in [7, 11) is 0. The molecule has 1 N–H and O–H groups in total. The number of carbonyl (C=O) groups is 1. The molecule has 0 aliphatic rings. The van der Waals surface area contributed by atoms with Gasteiger partial charge in [0.15, 0.2) is 5.58 Å². The summed E-state index contributed by atoms with van der Waals surface area (Å²) in [5, 5.41) is 5.37. The van der Waals surface area contributed by atoms with Crippen LogP contribution in [0.1, 0.15) is 10.4 Å². The number of hydrogen-bond donors (Lipinski definition) is 1. The van der Waals surface area contributed by atoms with E-state index in [9.17, 15) is 4.79 Å². The average molecular weight is 399 g/mol. The summed E-state index contributed by atoms with van der Waals surface area (Å²) in [4.78, 5) is 17.4. The van der Waals surface area contributed by atoms with Gasteiger partial charge in [-0.1, -0.05) is 60.1 Å². The van der Waals surface area contributed by atoms with Crippen molar-refractivity contribution in [2.75, 3.05) is 5.32 Å². The summed E-state index contributed by atoms with van der Waals surface area (Å²) in [6, 6.07) is 26.3. The zero-order chi connectivity index (χ0) is 19.8. The van der Waals surface area contributed by atoms with Gasteiger partial charge in [0.2, 0.25) is 5.89 Å². The second-order valence-corrected chi connectivity index (χ2v) is 7.07. The summed E-state index contributed by atoms with van der Waals surface area (Å²) in [5.41, 5.74) is 3.29. The van der Waals surface area contributed by atoms with Crippen LogP contribution < -0.4 is 5.32 Å². The van der Waals surface area contributed by atoms with Crippen molar-refractivity contribution in [3.8, 4) is 11.5 Å². The molecule has 0 unspecified atom stereocenters. The van der Waals surface area contributed by atoms with E-state index in [1.807, 2.05) is 66.7 Å². The Labute approximate surface area is 171 Å². The van der Waals surface area contributed by atoms with Gasteiger partial charge in [-0.25, -0.2) is 4.98 Å². The molecule has 1 amide bonds. The highest BCUT2D eigenvalue weighted by Gasteiger charge is 2.15. The minimum atomic E-state index is -0.187. The van der Waals surface area contributed by atoms with E-state index in [0.717, 1.165) is 16.3 Å². The van der Waals surface area contributed by atoms with Crippen LogP contribution in [0.2, 0.25) is 5.02 Å². The predicted molar refractivity (Wildman–Crippen MR) is 116 cm³/mol. The lowest BCUT2D eigenvalue weighted by Crippen LogP contribution is -2.12. The maximum Gasteiger partial charge on any atom is 0.256 e. The molecular formula is C24H15ClN2O2. The molecular weight excluding hydrogens is 384 g/mol. The Morgan fingerprint density at radius 1 is 0.897 bits per heavy atom. The third-order valence-corrected chi connectivity index (χ3v) is 5.11. The summed E-state index contributed by atoms with van der Waals surface area (Å²) < 4.78 is 5.83. The number of fused-ring (bicyclic) bond motifs is 2. The van der Waals surface area contributed by atoms with E-state index in [0.29, 0.717) is 33.3 Å². The molecule has 0 spiro atoms. The summed E-state index contributed by atoms with van der Waals surface area (Å²) >= 11 is 6.38. The quantitative estimate of drug-likeness (QED) is 0.374. The van der Waals surface area contributed by atoms with Gasteiger partial charge in [-0.2, -0.15) is 0 Å². The topological polar surface area (TPSA) is 55.1 Å². The largest absolute Gasteiger partial charge is 0.436 e. The third-order valence-electron chi connectivity index (χ3n) is 4.78.